The highest BCUT2D eigenvalue weighted by molar-refractivity contribution is 8.14. The van der Waals surface area contributed by atoms with Crippen LogP contribution in [0.1, 0.15) is 26.7 Å². The Bertz CT molecular complexity index is 251. The van der Waals surface area contributed by atoms with Gasteiger partial charge in [0.25, 0.3) is 0 Å². The zero-order valence-corrected chi connectivity index (χ0v) is 10.3. The van der Waals surface area contributed by atoms with Crippen molar-refractivity contribution in [3.05, 3.63) is 0 Å². The van der Waals surface area contributed by atoms with Crippen LogP contribution in [-0.2, 0) is 0 Å². The third-order valence-electron chi connectivity index (χ3n) is 2.16. The van der Waals surface area contributed by atoms with Crippen LogP contribution in [0, 0.1) is 5.92 Å². The molecule has 0 amide bonds. The van der Waals surface area contributed by atoms with Gasteiger partial charge in [-0.3, -0.25) is 4.99 Å². The molecule has 0 aromatic rings. The van der Waals surface area contributed by atoms with Gasteiger partial charge in [0.15, 0.2) is 5.17 Å². The molecule has 1 atom stereocenters. The van der Waals surface area contributed by atoms with Gasteiger partial charge in [-0.15, -0.1) is 0 Å². The maximum atomic E-state index is 11.9. The van der Waals surface area contributed by atoms with Crippen molar-refractivity contribution >= 4 is 16.9 Å². The van der Waals surface area contributed by atoms with Crippen molar-refractivity contribution in [3.63, 3.8) is 0 Å². The Kier molecular flexibility index (Phi) is 4.95. The lowest BCUT2D eigenvalue weighted by Crippen LogP contribution is -2.28. The first-order valence-electron chi connectivity index (χ1n) is 5.37. The molecule has 0 saturated carbocycles. The van der Waals surface area contributed by atoms with Crippen molar-refractivity contribution in [1.82, 2.24) is 5.32 Å². The number of aliphatic imine (C=N–C) groups is 1. The van der Waals surface area contributed by atoms with Gasteiger partial charge in [-0.1, -0.05) is 25.6 Å². The largest absolute Gasteiger partial charge is 0.390 e. The van der Waals surface area contributed by atoms with Crippen molar-refractivity contribution in [2.24, 2.45) is 10.9 Å². The van der Waals surface area contributed by atoms with Crippen molar-refractivity contribution in [2.45, 2.75) is 38.9 Å². The van der Waals surface area contributed by atoms with Gasteiger partial charge < -0.3 is 5.32 Å². The van der Waals surface area contributed by atoms with Crippen molar-refractivity contribution in [2.75, 3.05) is 12.3 Å². The number of nitrogens with zero attached hydrogens (tertiary/aromatic N) is 1. The molecular formula is C10H17F3N2S. The molecule has 0 bridgehead atoms. The van der Waals surface area contributed by atoms with E-state index in [2.05, 4.69) is 24.2 Å². The van der Waals surface area contributed by atoms with E-state index in [1.54, 1.807) is 0 Å². The van der Waals surface area contributed by atoms with Gasteiger partial charge in [-0.2, -0.15) is 13.2 Å². The van der Waals surface area contributed by atoms with E-state index in [0.717, 1.165) is 12.2 Å². The van der Waals surface area contributed by atoms with E-state index in [9.17, 15) is 13.2 Å². The lowest BCUT2D eigenvalue weighted by Gasteiger charge is -2.11. The molecule has 94 valence electrons. The Morgan fingerprint density at radius 3 is 2.75 bits per heavy atom. The first-order chi connectivity index (χ1) is 7.37. The fraction of sp³-hybridized carbons (Fsp3) is 0.900. The van der Waals surface area contributed by atoms with Gasteiger partial charge in [0.1, 0.15) is 0 Å². The number of halogens is 3. The first-order valence-corrected chi connectivity index (χ1v) is 6.36. The highest BCUT2D eigenvalue weighted by Gasteiger charge is 2.27. The van der Waals surface area contributed by atoms with Crippen LogP contribution in [0.2, 0.25) is 0 Å². The summed E-state index contributed by atoms with van der Waals surface area (Å²) in [5.41, 5.74) is 0. The van der Waals surface area contributed by atoms with Gasteiger partial charge in [0.2, 0.25) is 0 Å². The lowest BCUT2D eigenvalue weighted by atomic mass is 10.1. The molecule has 0 radical (unpaired) electrons. The minimum absolute atomic E-state index is 0.173. The lowest BCUT2D eigenvalue weighted by molar-refractivity contribution is -0.132. The maximum absolute atomic E-state index is 11.9. The number of amidine groups is 1. The molecule has 1 heterocycles. The summed E-state index contributed by atoms with van der Waals surface area (Å²) in [6.07, 6.45) is -3.91. The number of alkyl halides is 3. The molecule has 1 saturated heterocycles. The van der Waals surface area contributed by atoms with Crippen molar-refractivity contribution in [1.29, 1.82) is 0 Å². The van der Waals surface area contributed by atoms with Crippen LogP contribution in [0.3, 0.4) is 0 Å². The molecule has 1 rings (SSSR count). The van der Waals surface area contributed by atoms with E-state index in [4.69, 9.17) is 0 Å². The van der Waals surface area contributed by atoms with Gasteiger partial charge >= 0.3 is 6.18 Å². The van der Waals surface area contributed by atoms with Gasteiger partial charge in [-0.25, -0.2) is 0 Å². The summed E-state index contributed by atoms with van der Waals surface area (Å²) in [5.74, 6) is 1.50. The van der Waals surface area contributed by atoms with E-state index in [-0.39, 0.29) is 6.54 Å². The van der Waals surface area contributed by atoms with Crippen LogP contribution in [0.5, 0.6) is 0 Å². The molecule has 0 aliphatic carbocycles. The van der Waals surface area contributed by atoms with E-state index in [0.29, 0.717) is 17.1 Å². The number of thioether (sulfide) groups is 1. The molecule has 1 aliphatic heterocycles. The summed E-state index contributed by atoms with van der Waals surface area (Å²) in [4.78, 5) is 3.91. The topological polar surface area (TPSA) is 24.4 Å². The molecule has 1 aliphatic rings. The van der Waals surface area contributed by atoms with Gasteiger partial charge in [-0.05, 0) is 12.3 Å². The summed E-state index contributed by atoms with van der Waals surface area (Å²) < 4.78 is 35.6. The second kappa shape index (κ2) is 5.80. The van der Waals surface area contributed by atoms with Crippen LogP contribution >= 0.6 is 11.8 Å². The number of nitrogens with one attached hydrogen (secondary N) is 1. The molecule has 1 unspecified atom stereocenters. The van der Waals surface area contributed by atoms with Crippen LogP contribution in [0.15, 0.2) is 4.99 Å². The van der Waals surface area contributed by atoms with E-state index < -0.39 is 12.6 Å². The average molecular weight is 254 g/mol. The van der Waals surface area contributed by atoms with Gasteiger partial charge in [0.05, 0.1) is 13.0 Å². The first kappa shape index (κ1) is 13.7. The second-order valence-electron chi connectivity index (χ2n) is 4.33. The molecule has 16 heavy (non-hydrogen) atoms. The van der Waals surface area contributed by atoms with Crippen LogP contribution < -0.4 is 5.32 Å². The second-order valence-corrected chi connectivity index (χ2v) is 5.34. The molecule has 0 aromatic heterocycles. The Morgan fingerprint density at radius 1 is 1.50 bits per heavy atom. The fourth-order valence-electron chi connectivity index (χ4n) is 1.51. The SMILES string of the molecule is CC(C)CC1CSC(=NCCC(F)(F)F)N1. The van der Waals surface area contributed by atoms with E-state index in [1.807, 2.05) is 0 Å². The van der Waals surface area contributed by atoms with E-state index >= 15 is 0 Å². The zero-order valence-electron chi connectivity index (χ0n) is 9.47. The van der Waals surface area contributed by atoms with Gasteiger partial charge in [0, 0.05) is 11.8 Å². The Hall–Kier alpha value is -0.390. The Balaban J connectivity index is 2.27. The molecule has 0 aromatic carbocycles. The average Bonchev–Trinajstić information content (AvgIpc) is 2.49. The maximum Gasteiger partial charge on any atom is 0.390 e. The molecule has 1 N–H and O–H groups in total. The smallest absolute Gasteiger partial charge is 0.361 e. The quantitative estimate of drug-likeness (QED) is 0.834. The van der Waals surface area contributed by atoms with Crippen molar-refractivity contribution in [3.8, 4) is 0 Å². The molecule has 0 spiro atoms. The van der Waals surface area contributed by atoms with Crippen LogP contribution in [-0.4, -0.2) is 29.7 Å². The third kappa shape index (κ3) is 5.63. The van der Waals surface area contributed by atoms with Crippen molar-refractivity contribution < 1.29 is 13.2 Å². The monoisotopic (exact) mass is 254 g/mol. The predicted molar refractivity (Wildman–Crippen MR) is 61.8 cm³/mol. The molecule has 2 nitrogen and oxygen atoms in total. The Labute approximate surface area is 98.1 Å². The normalized spacial score (nSPS) is 24.1. The number of hydrogen-bond acceptors (Lipinski definition) is 2. The molecule has 6 heteroatoms. The number of rotatable bonds is 4. The summed E-state index contributed by atoms with van der Waals surface area (Å²) >= 11 is 1.51. The minimum atomic E-state index is -4.11. The van der Waals surface area contributed by atoms with E-state index in [1.165, 1.54) is 11.8 Å². The molecular weight excluding hydrogens is 237 g/mol. The number of hydrogen-bond donors (Lipinski definition) is 1. The predicted octanol–water partition coefficient (Wildman–Crippen LogP) is 3.05. The third-order valence-corrected chi connectivity index (χ3v) is 3.24. The highest BCUT2D eigenvalue weighted by Crippen LogP contribution is 2.21. The fourth-order valence-corrected chi connectivity index (χ4v) is 2.52. The standard InChI is InChI=1S/C10H17F3N2S/c1-7(2)5-8-6-16-9(15-8)14-4-3-10(11,12)13/h7-8H,3-6H2,1-2H3,(H,14,15). The summed E-state index contributed by atoms with van der Waals surface area (Å²) in [5, 5.41) is 3.82. The molecule has 1 fully saturated rings. The summed E-state index contributed by atoms with van der Waals surface area (Å²) in [6, 6.07) is 0.356. The minimum Gasteiger partial charge on any atom is -0.361 e. The summed E-state index contributed by atoms with van der Waals surface area (Å²) in [7, 11) is 0. The van der Waals surface area contributed by atoms with Crippen LogP contribution in [0.4, 0.5) is 13.2 Å². The zero-order chi connectivity index (χ0) is 12.2. The summed E-state index contributed by atoms with van der Waals surface area (Å²) in [6.45, 7) is 4.09. The van der Waals surface area contributed by atoms with Crippen LogP contribution in [0.25, 0.3) is 0 Å². The highest BCUT2D eigenvalue weighted by atomic mass is 32.2. The Morgan fingerprint density at radius 2 is 2.19 bits per heavy atom.